The highest BCUT2D eigenvalue weighted by Crippen LogP contribution is 2.24. The van der Waals surface area contributed by atoms with Crippen LogP contribution in [0.2, 0.25) is 0 Å². The standard InChI is InChI=1S/C7H6F2N2O3/c1-3-4(11(13)14)2-5(12)10-6(3)7(8)9/h2,7H,1H3,(H,10,12). The molecule has 5 nitrogen and oxygen atoms in total. The van der Waals surface area contributed by atoms with Gasteiger partial charge in [-0.2, -0.15) is 0 Å². The van der Waals surface area contributed by atoms with E-state index < -0.39 is 28.3 Å². The highest BCUT2D eigenvalue weighted by Gasteiger charge is 2.20. The van der Waals surface area contributed by atoms with Crippen LogP contribution in [0.4, 0.5) is 14.5 Å². The first-order valence-corrected chi connectivity index (χ1v) is 3.60. The van der Waals surface area contributed by atoms with Crippen molar-refractivity contribution in [3.8, 4) is 0 Å². The van der Waals surface area contributed by atoms with E-state index in [2.05, 4.69) is 0 Å². The predicted molar refractivity (Wildman–Crippen MR) is 43.4 cm³/mol. The van der Waals surface area contributed by atoms with Crippen molar-refractivity contribution in [3.05, 3.63) is 37.8 Å². The molecule has 0 aliphatic heterocycles. The van der Waals surface area contributed by atoms with Crippen molar-refractivity contribution in [2.24, 2.45) is 0 Å². The Morgan fingerprint density at radius 3 is 2.57 bits per heavy atom. The molecular formula is C7H6F2N2O3. The molecule has 1 heterocycles. The van der Waals surface area contributed by atoms with Crippen LogP contribution in [0.15, 0.2) is 10.9 Å². The van der Waals surface area contributed by atoms with Gasteiger partial charge in [-0.05, 0) is 6.92 Å². The van der Waals surface area contributed by atoms with Gasteiger partial charge in [0, 0.05) is 0 Å². The fourth-order valence-corrected chi connectivity index (χ4v) is 1.04. The summed E-state index contributed by atoms with van der Waals surface area (Å²) in [6.45, 7) is 1.16. The maximum atomic E-state index is 12.3. The summed E-state index contributed by atoms with van der Waals surface area (Å²) in [5, 5.41) is 10.4. The number of hydrogen-bond acceptors (Lipinski definition) is 3. The fourth-order valence-electron chi connectivity index (χ4n) is 1.04. The minimum Gasteiger partial charge on any atom is -0.320 e. The lowest BCUT2D eigenvalue weighted by atomic mass is 10.2. The van der Waals surface area contributed by atoms with Gasteiger partial charge in [0.15, 0.2) is 0 Å². The van der Waals surface area contributed by atoms with E-state index in [1.54, 1.807) is 0 Å². The third-order valence-electron chi connectivity index (χ3n) is 1.73. The minimum absolute atomic E-state index is 0.218. The average molecular weight is 204 g/mol. The second-order valence-electron chi connectivity index (χ2n) is 2.62. The molecule has 0 aliphatic rings. The zero-order chi connectivity index (χ0) is 10.9. The third kappa shape index (κ3) is 1.76. The smallest absolute Gasteiger partial charge is 0.279 e. The van der Waals surface area contributed by atoms with Crippen molar-refractivity contribution < 1.29 is 13.7 Å². The average Bonchev–Trinajstić information content (AvgIpc) is 2.07. The zero-order valence-electron chi connectivity index (χ0n) is 7.08. The molecule has 0 aromatic carbocycles. The number of alkyl halides is 2. The SMILES string of the molecule is Cc1c([N+](=O)[O-])cc(=O)[nH]c1C(F)F. The lowest BCUT2D eigenvalue weighted by molar-refractivity contribution is -0.385. The summed E-state index contributed by atoms with van der Waals surface area (Å²) >= 11 is 0. The molecule has 7 heteroatoms. The summed E-state index contributed by atoms with van der Waals surface area (Å²) in [5.41, 5.74) is -2.42. The van der Waals surface area contributed by atoms with Crippen molar-refractivity contribution in [2.75, 3.05) is 0 Å². The Morgan fingerprint density at radius 1 is 1.57 bits per heavy atom. The number of halogens is 2. The molecule has 1 rings (SSSR count). The highest BCUT2D eigenvalue weighted by molar-refractivity contribution is 5.41. The van der Waals surface area contributed by atoms with Gasteiger partial charge in [0.25, 0.3) is 17.7 Å². The summed E-state index contributed by atoms with van der Waals surface area (Å²) in [6.07, 6.45) is -2.93. The van der Waals surface area contributed by atoms with Gasteiger partial charge in [0.05, 0.1) is 22.2 Å². The van der Waals surface area contributed by atoms with Crippen LogP contribution in [0.1, 0.15) is 17.7 Å². The highest BCUT2D eigenvalue weighted by atomic mass is 19.3. The molecule has 1 aromatic heterocycles. The van der Waals surface area contributed by atoms with Crippen LogP contribution in [-0.2, 0) is 0 Å². The molecule has 76 valence electrons. The van der Waals surface area contributed by atoms with Crippen molar-refractivity contribution in [2.45, 2.75) is 13.3 Å². The van der Waals surface area contributed by atoms with Crippen molar-refractivity contribution in [1.29, 1.82) is 0 Å². The van der Waals surface area contributed by atoms with Crippen LogP contribution < -0.4 is 5.56 Å². The Kier molecular flexibility index (Phi) is 2.59. The van der Waals surface area contributed by atoms with Gasteiger partial charge >= 0.3 is 0 Å². The molecule has 0 unspecified atom stereocenters. The van der Waals surface area contributed by atoms with E-state index in [9.17, 15) is 23.7 Å². The summed E-state index contributed by atoms with van der Waals surface area (Å²) < 4.78 is 24.5. The molecule has 1 aromatic rings. The summed E-state index contributed by atoms with van der Waals surface area (Å²) in [5.74, 6) is 0. The lowest BCUT2D eigenvalue weighted by Gasteiger charge is -2.03. The fraction of sp³-hybridized carbons (Fsp3) is 0.286. The lowest BCUT2D eigenvalue weighted by Crippen LogP contribution is -2.12. The molecule has 0 bridgehead atoms. The minimum atomic E-state index is -2.93. The van der Waals surface area contributed by atoms with E-state index in [1.165, 1.54) is 0 Å². The van der Waals surface area contributed by atoms with Gasteiger partial charge in [0.2, 0.25) is 0 Å². The van der Waals surface area contributed by atoms with Gasteiger partial charge < -0.3 is 4.98 Å². The number of nitro groups is 1. The number of rotatable bonds is 2. The van der Waals surface area contributed by atoms with Gasteiger partial charge in [-0.15, -0.1) is 0 Å². The first kappa shape index (κ1) is 10.3. The molecule has 14 heavy (non-hydrogen) atoms. The first-order chi connectivity index (χ1) is 6.43. The van der Waals surface area contributed by atoms with E-state index >= 15 is 0 Å². The number of nitrogens with zero attached hydrogens (tertiary/aromatic N) is 1. The summed E-state index contributed by atoms with van der Waals surface area (Å²) in [4.78, 5) is 22.1. The second-order valence-corrected chi connectivity index (χ2v) is 2.62. The van der Waals surface area contributed by atoms with Gasteiger partial charge in [0.1, 0.15) is 0 Å². The van der Waals surface area contributed by atoms with Crippen LogP contribution in [0.3, 0.4) is 0 Å². The van der Waals surface area contributed by atoms with Crippen LogP contribution in [0.25, 0.3) is 0 Å². The first-order valence-electron chi connectivity index (χ1n) is 3.60. The van der Waals surface area contributed by atoms with E-state index in [4.69, 9.17) is 0 Å². The third-order valence-corrected chi connectivity index (χ3v) is 1.73. The molecule has 0 fully saturated rings. The van der Waals surface area contributed by atoms with Crippen molar-refractivity contribution in [3.63, 3.8) is 0 Å². The topological polar surface area (TPSA) is 76.0 Å². The zero-order valence-corrected chi connectivity index (χ0v) is 7.08. The van der Waals surface area contributed by atoms with Crippen LogP contribution in [0.5, 0.6) is 0 Å². The molecule has 0 saturated carbocycles. The number of aromatic nitrogens is 1. The Hall–Kier alpha value is -1.79. The maximum Gasteiger partial charge on any atom is 0.279 e. The molecule has 1 N–H and O–H groups in total. The molecular weight excluding hydrogens is 198 g/mol. The second kappa shape index (κ2) is 3.52. The number of aromatic amines is 1. The molecule has 0 aliphatic carbocycles. The van der Waals surface area contributed by atoms with Crippen LogP contribution in [-0.4, -0.2) is 9.91 Å². The predicted octanol–water partition coefficient (Wildman–Crippen LogP) is 1.53. The van der Waals surface area contributed by atoms with Crippen LogP contribution >= 0.6 is 0 Å². The Balaban J connectivity index is 3.48. The Morgan fingerprint density at radius 2 is 2.14 bits per heavy atom. The molecule has 0 saturated heterocycles. The van der Waals surface area contributed by atoms with E-state index in [0.717, 1.165) is 6.92 Å². The largest absolute Gasteiger partial charge is 0.320 e. The number of hydrogen-bond donors (Lipinski definition) is 1. The summed E-state index contributed by atoms with van der Waals surface area (Å²) in [6, 6.07) is 0.682. The monoisotopic (exact) mass is 204 g/mol. The number of H-pyrrole nitrogens is 1. The Labute approximate surface area is 76.5 Å². The van der Waals surface area contributed by atoms with Gasteiger partial charge in [-0.25, -0.2) is 8.78 Å². The van der Waals surface area contributed by atoms with E-state index in [1.807, 2.05) is 4.98 Å². The number of nitrogens with one attached hydrogen (secondary N) is 1. The summed E-state index contributed by atoms with van der Waals surface area (Å²) in [7, 11) is 0. The van der Waals surface area contributed by atoms with Crippen LogP contribution in [0, 0.1) is 17.0 Å². The quantitative estimate of drug-likeness (QED) is 0.586. The van der Waals surface area contributed by atoms with E-state index in [0.29, 0.717) is 6.07 Å². The molecule has 0 radical (unpaired) electrons. The molecule has 0 atom stereocenters. The Bertz CT molecular complexity index is 427. The van der Waals surface area contributed by atoms with Gasteiger partial charge in [-0.1, -0.05) is 0 Å². The van der Waals surface area contributed by atoms with Crippen molar-refractivity contribution >= 4 is 5.69 Å². The van der Waals surface area contributed by atoms with E-state index in [-0.39, 0.29) is 5.56 Å². The molecule has 0 amide bonds. The molecule has 0 spiro atoms. The van der Waals surface area contributed by atoms with Crippen molar-refractivity contribution in [1.82, 2.24) is 4.98 Å². The van der Waals surface area contributed by atoms with Gasteiger partial charge in [-0.3, -0.25) is 14.9 Å². The maximum absolute atomic E-state index is 12.3. The number of pyridine rings is 1. The normalized spacial score (nSPS) is 10.6.